The van der Waals surface area contributed by atoms with Gasteiger partial charge in [0.15, 0.2) is 0 Å². The Labute approximate surface area is 149 Å². The van der Waals surface area contributed by atoms with Crippen LogP contribution in [0.2, 0.25) is 0 Å². The van der Waals surface area contributed by atoms with Crippen molar-refractivity contribution < 1.29 is 14.0 Å². The fraction of sp³-hybridized carbons (Fsp3) is 0.579. The lowest BCUT2D eigenvalue weighted by Gasteiger charge is -2.18. The van der Waals surface area contributed by atoms with Gasteiger partial charge in [-0.15, -0.1) is 0 Å². The fourth-order valence-corrected chi connectivity index (χ4v) is 2.74. The molecule has 1 atom stereocenters. The number of nitrogens with one attached hydrogen (secondary N) is 2. The van der Waals surface area contributed by atoms with E-state index in [-0.39, 0.29) is 17.9 Å². The van der Waals surface area contributed by atoms with Crippen LogP contribution in [0.4, 0.5) is 9.18 Å². The lowest BCUT2D eigenvalue weighted by molar-refractivity contribution is -0.121. The van der Waals surface area contributed by atoms with Crippen molar-refractivity contribution in [1.29, 1.82) is 0 Å². The minimum atomic E-state index is -0.784. The van der Waals surface area contributed by atoms with Gasteiger partial charge >= 0.3 is 6.03 Å². The molecule has 0 saturated heterocycles. The van der Waals surface area contributed by atoms with E-state index in [1.165, 1.54) is 38.2 Å². The van der Waals surface area contributed by atoms with E-state index in [4.69, 9.17) is 5.73 Å². The number of primary amides is 1. The van der Waals surface area contributed by atoms with Crippen LogP contribution < -0.4 is 16.4 Å². The lowest BCUT2D eigenvalue weighted by Crippen LogP contribution is -2.37. The van der Waals surface area contributed by atoms with E-state index in [9.17, 15) is 14.0 Å². The second-order valence-corrected chi connectivity index (χ2v) is 6.26. The van der Waals surface area contributed by atoms with Gasteiger partial charge in [-0.25, -0.2) is 9.18 Å². The predicted molar refractivity (Wildman–Crippen MR) is 97.5 cm³/mol. The zero-order valence-corrected chi connectivity index (χ0v) is 15.0. The third kappa shape index (κ3) is 9.08. The van der Waals surface area contributed by atoms with E-state index in [1.807, 2.05) is 0 Å². The third-order valence-corrected chi connectivity index (χ3v) is 4.09. The molecule has 0 aliphatic heterocycles. The number of benzene rings is 1. The Hall–Kier alpha value is -2.11. The Morgan fingerprint density at radius 1 is 1.08 bits per heavy atom. The van der Waals surface area contributed by atoms with Crippen molar-refractivity contribution in [3.63, 3.8) is 0 Å². The van der Waals surface area contributed by atoms with Crippen molar-refractivity contribution >= 4 is 11.9 Å². The van der Waals surface area contributed by atoms with E-state index < -0.39 is 17.9 Å². The largest absolute Gasteiger partial charge is 0.356 e. The van der Waals surface area contributed by atoms with Crippen LogP contribution in [-0.2, 0) is 4.79 Å². The number of urea groups is 1. The summed E-state index contributed by atoms with van der Waals surface area (Å²) in [5, 5.41) is 5.26. The molecule has 140 valence electrons. The normalized spacial score (nSPS) is 11.8. The first-order valence-electron chi connectivity index (χ1n) is 9.11. The lowest BCUT2D eigenvalue weighted by atomic mass is 10.0. The summed E-state index contributed by atoms with van der Waals surface area (Å²) in [6.07, 6.45) is 8.16. The molecule has 1 aromatic carbocycles. The van der Waals surface area contributed by atoms with Gasteiger partial charge in [0.05, 0.1) is 12.5 Å². The van der Waals surface area contributed by atoms with Crippen molar-refractivity contribution in [3.05, 3.63) is 35.6 Å². The van der Waals surface area contributed by atoms with Crippen LogP contribution in [0.25, 0.3) is 0 Å². The second kappa shape index (κ2) is 12.3. The minimum Gasteiger partial charge on any atom is -0.356 e. The minimum absolute atomic E-state index is 0.0413. The summed E-state index contributed by atoms with van der Waals surface area (Å²) in [6, 6.07) is 4.49. The molecular weight excluding hydrogens is 321 g/mol. The van der Waals surface area contributed by atoms with Gasteiger partial charge in [-0.05, 0) is 12.5 Å². The molecular formula is C19H30FN3O2. The highest BCUT2D eigenvalue weighted by molar-refractivity contribution is 5.78. The molecule has 0 saturated carbocycles. The maximum absolute atomic E-state index is 13.9. The topological polar surface area (TPSA) is 84.2 Å². The Bertz CT molecular complexity index is 537. The van der Waals surface area contributed by atoms with Crippen LogP contribution in [0.1, 0.15) is 69.9 Å². The Kier molecular flexibility index (Phi) is 10.3. The van der Waals surface area contributed by atoms with Crippen LogP contribution in [0.5, 0.6) is 0 Å². The van der Waals surface area contributed by atoms with Crippen LogP contribution in [0, 0.1) is 5.82 Å². The standard InChI is InChI=1S/C19H30FN3O2/c1-2-3-4-5-6-7-10-13-22-18(24)14-17(23-19(21)25)15-11-8-9-12-16(15)20/h8-9,11-12,17H,2-7,10,13-14H2,1H3,(H,22,24)(H3,21,23,25)/t17-/m1/s1. The molecule has 0 heterocycles. The van der Waals surface area contributed by atoms with Gasteiger partial charge in [0.1, 0.15) is 5.82 Å². The van der Waals surface area contributed by atoms with Gasteiger partial charge < -0.3 is 16.4 Å². The highest BCUT2D eigenvalue weighted by atomic mass is 19.1. The number of hydrogen-bond donors (Lipinski definition) is 3. The predicted octanol–water partition coefficient (Wildman–Crippen LogP) is 3.79. The van der Waals surface area contributed by atoms with Gasteiger partial charge in [0, 0.05) is 12.1 Å². The van der Waals surface area contributed by atoms with Gasteiger partial charge in [-0.2, -0.15) is 0 Å². The maximum Gasteiger partial charge on any atom is 0.312 e. The molecule has 5 nitrogen and oxygen atoms in total. The third-order valence-electron chi connectivity index (χ3n) is 4.09. The molecule has 0 aromatic heterocycles. The summed E-state index contributed by atoms with van der Waals surface area (Å²) in [7, 11) is 0. The Morgan fingerprint density at radius 2 is 1.72 bits per heavy atom. The van der Waals surface area contributed by atoms with Crippen LogP contribution >= 0.6 is 0 Å². The van der Waals surface area contributed by atoms with E-state index >= 15 is 0 Å². The molecule has 3 amide bonds. The van der Waals surface area contributed by atoms with Crippen LogP contribution in [0.3, 0.4) is 0 Å². The summed E-state index contributed by atoms with van der Waals surface area (Å²) in [6.45, 7) is 2.78. The molecule has 1 aromatic rings. The number of carbonyl (C=O) groups is 2. The molecule has 1 rings (SSSR count). The van der Waals surface area contributed by atoms with Crippen molar-refractivity contribution in [2.45, 2.75) is 64.3 Å². The summed E-state index contributed by atoms with van der Waals surface area (Å²) in [5.41, 5.74) is 5.40. The SMILES string of the molecule is CCCCCCCCCNC(=O)C[C@@H](NC(N)=O)c1ccccc1F. The van der Waals surface area contributed by atoms with Crippen molar-refractivity contribution in [1.82, 2.24) is 10.6 Å². The summed E-state index contributed by atoms with van der Waals surface area (Å²) >= 11 is 0. The molecule has 25 heavy (non-hydrogen) atoms. The molecule has 0 fully saturated rings. The number of carbonyl (C=O) groups excluding carboxylic acids is 2. The molecule has 0 aliphatic carbocycles. The van der Waals surface area contributed by atoms with Crippen molar-refractivity contribution in [2.24, 2.45) is 5.73 Å². The van der Waals surface area contributed by atoms with Crippen molar-refractivity contribution in [3.8, 4) is 0 Å². The maximum atomic E-state index is 13.9. The number of amides is 3. The fourth-order valence-electron chi connectivity index (χ4n) is 2.74. The first kappa shape index (κ1) is 20.9. The quantitative estimate of drug-likeness (QED) is 0.501. The van der Waals surface area contributed by atoms with Crippen molar-refractivity contribution in [2.75, 3.05) is 6.54 Å². The van der Waals surface area contributed by atoms with E-state index in [2.05, 4.69) is 17.6 Å². The molecule has 0 radical (unpaired) electrons. The molecule has 0 unspecified atom stereocenters. The van der Waals surface area contributed by atoms with Crippen LogP contribution in [-0.4, -0.2) is 18.5 Å². The highest BCUT2D eigenvalue weighted by Gasteiger charge is 2.20. The monoisotopic (exact) mass is 351 g/mol. The number of halogens is 1. The summed E-state index contributed by atoms with van der Waals surface area (Å²) in [5.74, 6) is -0.700. The molecule has 0 spiro atoms. The molecule has 6 heteroatoms. The summed E-state index contributed by atoms with van der Waals surface area (Å²) in [4.78, 5) is 23.2. The number of hydrogen-bond acceptors (Lipinski definition) is 2. The molecule has 0 bridgehead atoms. The van der Waals surface area contributed by atoms with Gasteiger partial charge in [0.2, 0.25) is 5.91 Å². The smallest absolute Gasteiger partial charge is 0.312 e. The van der Waals surface area contributed by atoms with Gasteiger partial charge in [-0.3, -0.25) is 4.79 Å². The zero-order chi connectivity index (χ0) is 18.5. The number of rotatable bonds is 12. The van der Waals surface area contributed by atoms with Crippen LogP contribution in [0.15, 0.2) is 24.3 Å². The average molecular weight is 351 g/mol. The molecule has 4 N–H and O–H groups in total. The van der Waals surface area contributed by atoms with Gasteiger partial charge in [0.25, 0.3) is 0 Å². The highest BCUT2D eigenvalue weighted by Crippen LogP contribution is 2.20. The van der Waals surface area contributed by atoms with Gasteiger partial charge in [-0.1, -0.05) is 63.6 Å². The first-order chi connectivity index (χ1) is 12.0. The average Bonchev–Trinajstić information content (AvgIpc) is 2.56. The van der Waals surface area contributed by atoms with E-state index in [0.717, 1.165) is 12.8 Å². The second-order valence-electron chi connectivity index (χ2n) is 6.26. The van der Waals surface area contributed by atoms with E-state index in [1.54, 1.807) is 18.2 Å². The Balaban J connectivity index is 2.36. The number of unbranched alkanes of at least 4 members (excludes halogenated alkanes) is 6. The summed E-state index contributed by atoms with van der Waals surface area (Å²) < 4.78 is 13.9. The zero-order valence-electron chi connectivity index (χ0n) is 15.0. The van der Waals surface area contributed by atoms with E-state index in [0.29, 0.717) is 6.54 Å². The Morgan fingerprint density at radius 3 is 2.36 bits per heavy atom. The first-order valence-corrected chi connectivity index (χ1v) is 9.11. The number of nitrogens with two attached hydrogens (primary N) is 1. The molecule has 0 aliphatic rings.